The van der Waals surface area contributed by atoms with Crippen molar-refractivity contribution in [3.05, 3.63) is 94.4 Å². The smallest absolute Gasteiger partial charge is 0.311 e. The van der Waals surface area contributed by atoms with Crippen LogP contribution in [0.3, 0.4) is 0 Å². The molecule has 0 fully saturated rings. The molecule has 33 heavy (non-hydrogen) atoms. The number of carbonyl (C=O) groups excluding carboxylic acids is 2. The van der Waals surface area contributed by atoms with Gasteiger partial charge in [-0.3, -0.25) is 14.2 Å². The van der Waals surface area contributed by atoms with Crippen LogP contribution in [0.4, 0.5) is 4.39 Å². The molecule has 7 heteroatoms. The van der Waals surface area contributed by atoms with Crippen molar-refractivity contribution < 1.29 is 23.5 Å². The van der Waals surface area contributed by atoms with Crippen LogP contribution in [0.25, 0.3) is 10.9 Å². The highest BCUT2D eigenvalue weighted by Crippen LogP contribution is 2.39. The number of rotatable bonds is 6. The summed E-state index contributed by atoms with van der Waals surface area (Å²) in [7, 11) is 1.48. The molecule has 0 aliphatic carbocycles. The Morgan fingerprint density at radius 2 is 1.73 bits per heavy atom. The maximum atomic E-state index is 13.4. The SMILES string of the molecule is COc1cc2c(OC(=O)CCc3ccccc3)c(C)n(C(=O)c3ccc(F)cc3)c2cc1Cl. The molecule has 1 aromatic heterocycles. The van der Waals surface area contributed by atoms with Crippen LogP contribution in [0, 0.1) is 12.7 Å². The lowest BCUT2D eigenvalue weighted by Crippen LogP contribution is -2.14. The summed E-state index contributed by atoms with van der Waals surface area (Å²) in [5, 5.41) is 0.815. The Morgan fingerprint density at radius 1 is 1.03 bits per heavy atom. The van der Waals surface area contributed by atoms with Gasteiger partial charge < -0.3 is 9.47 Å². The molecule has 0 aliphatic rings. The Bertz CT molecular complexity index is 1330. The summed E-state index contributed by atoms with van der Waals surface area (Å²) in [6.45, 7) is 1.68. The number of aryl methyl sites for hydroxylation is 1. The summed E-state index contributed by atoms with van der Waals surface area (Å²) in [4.78, 5) is 26.0. The van der Waals surface area contributed by atoms with Crippen molar-refractivity contribution in [2.24, 2.45) is 0 Å². The lowest BCUT2D eigenvalue weighted by atomic mass is 10.1. The number of nitrogens with zero attached hydrogens (tertiary/aromatic N) is 1. The lowest BCUT2D eigenvalue weighted by molar-refractivity contribution is -0.134. The first kappa shape index (κ1) is 22.6. The van der Waals surface area contributed by atoms with Crippen LogP contribution in [0.2, 0.25) is 5.02 Å². The van der Waals surface area contributed by atoms with Crippen LogP contribution in [0.15, 0.2) is 66.7 Å². The number of aromatic nitrogens is 1. The first-order valence-electron chi connectivity index (χ1n) is 10.3. The number of methoxy groups -OCH3 is 1. The van der Waals surface area contributed by atoms with Gasteiger partial charge in [-0.1, -0.05) is 41.9 Å². The standard InChI is InChI=1S/C26H21ClFNO4/c1-16-25(33-24(30)13-8-17-6-4-3-5-7-17)20-14-23(32-2)21(27)15-22(20)29(16)26(31)18-9-11-19(28)12-10-18/h3-7,9-12,14-15H,8,13H2,1-2H3. The number of hydrogen-bond donors (Lipinski definition) is 0. The summed E-state index contributed by atoms with van der Waals surface area (Å²) < 4.78 is 25.8. The van der Waals surface area contributed by atoms with Crippen LogP contribution >= 0.6 is 11.6 Å². The number of ether oxygens (including phenoxy) is 2. The van der Waals surface area contributed by atoms with Crippen molar-refractivity contribution in [2.45, 2.75) is 19.8 Å². The second kappa shape index (κ2) is 9.46. The molecule has 0 N–H and O–H groups in total. The predicted octanol–water partition coefficient (Wildman–Crippen LogP) is 5.98. The number of halogens is 2. The third-order valence-electron chi connectivity index (χ3n) is 5.39. The van der Waals surface area contributed by atoms with E-state index in [1.54, 1.807) is 19.1 Å². The zero-order chi connectivity index (χ0) is 23.5. The van der Waals surface area contributed by atoms with E-state index in [1.165, 1.54) is 35.9 Å². The van der Waals surface area contributed by atoms with Gasteiger partial charge in [0.1, 0.15) is 11.6 Å². The minimum atomic E-state index is -0.443. The molecule has 168 valence electrons. The molecule has 0 aliphatic heterocycles. The first-order chi connectivity index (χ1) is 15.9. The maximum Gasteiger partial charge on any atom is 0.311 e. The van der Waals surface area contributed by atoms with Gasteiger partial charge in [-0.05, 0) is 55.3 Å². The van der Waals surface area contributed by atoms with Gasteiger partial charge in [0.2, 0.25) is 0 Å². The fourth-order valence-electron chi connectivity index (χ4n) is 3.71. The fourth-order valence-corrected chi connectivity index (χ4v) is 3.95. The van der Waals surface area contributed by atoms with E-state index in [0.29, 0.717) is 33.8 Å². The molecule has 0 spiro atoms. The Balaban J connectivity index is 1.73. The fraction of sp³-hybridized carbons (Fsp3) is 0.154. The third kappa shape index (κ3) is 4.61. The number of fused-ring (bicyclic) bond motifs is 1. The molecule has 1 heterocycles. The second-order valence-electron chi connectivity index (χ2n) is 7.53. The summed E-state index contributed by atoms with van der Waals surface area (Å²) in [5.41, 5.74) is 2.19. The van der Waals surface area contributed by atoms with E-state index < -0.39 is 17.7 Å². The Morgan fingerprint density at radius 3 is 2.39 bits per heavy atom. The van der Waals surface area contributed by atoms with Crippen molar-refractivity contribution in [2.75, 3.05) is 7.11 Å². The van der Waals surface area contributed by atoms with E-state index >= 15 is 0 Å². The van der Waals surface area contributed by atoms with Gasteiger partial charge in [-0.2, -0.15) is 0 Å². The molecule has 0 saturated heterocycles. The van der Waals surface area contributed by atoms with Crippen LogP contribution in [0.1, 0.15) is 28.0 Å². The molecule has 0 amide bonds. The van der Waals surface area contributed by atoms with Gasteiger partial charge >= 0.3 is 5.97 Å². The largest absolute Gasteiger partial charge is 0.495 e. The zero-order valence-electron chi connectivity index (χ0n) is 18.1. The van der Waals surface area contributed by atoms with Gasteiger partial charge in [0.25, 0.3) is 5.91 Å². The molecule has 0 bridgehead atoms. The zero-order valence-corrected chi connectivity index (χ0v) is 18.9. The lowest BCUT2D eigenvalue weighted by Gasteiger charge is -2.08. The molecule has 0 saturated carbocycles. The molecule has 0 unspecified atom stereocenters. The van der Waals surface area contributed by atoms with Crippen LogP contribution in [0.5, 0.6) is 11.5 Å². The van der Waals surface area contributed by atoms with Gasteiger partial charge in [0, 0.05) is 17.4 Å². The highest BCUT2D eigenvalue weighted by Gasteiger charge is 2.24. The third-order valence-corrected chi connectivity index (χ3v) is 5.69. The van der Waals surface area contributed by atoms with E-state index in [2.05, 4.69) is 0 Å². The van der Waals surface area contributed by atoms with Crippen LogP contribution in [-0.4, -0.2) is 23.6 Å². The van der Waals surface area contributed by atoms with Crippen LogP contribution in [-0.2, 0) is 11.2 Å². The second-order valence-corrected chi connectivity index (χ2v) is 7.93. The Kier molecular flexibility index (Phi) is 6.47. The monoisotopic (exact) mass is 465 g/mol. The minimum Gasteiger partial charge on any atom is -0.495 e. The number of esters is 1. The van der Waals surface area contributed by atoms with Gasteiger partial charge in [0.15, 0.2) is 5.75 Å². The summed E-state index contributed by atoms with van der Waals surface area (Å²) in [6, 6.07) is 18.1. The predicted molar refractivity (Wildman–Crippen MR) is 125 cm³/mol. The average Bonchev–Trinajstić information content (AvgIpc) is 3.08. The molecular weight excluding hydrogens is 445 g/mol. The van der Waals surface area contributed by atoms with E-state index in [4.69, 9.17) is 21.1 Å². The maximum absolute atomic E-state index is 13.4. The van der Waals surface area contributed by atoms with Gasteiger partial charge in [0.05, 0.1) is 23.3 Å². The van der Waals surface area contributed by atoms with E-state index in [9.17, 15) is 14.0 Å². The minimum absolute atomic E-state index is 0.173. The highest BCUT2D eigenvalue weighted by atomic mass is 35.5. The van der Waals surface area contributed by atoms with Crippen molar-refractivity contribution in [3.63, 3.8) is 0 Å². The van der Waals surface area contributed by atoms with Gasteiger partial charge in [-0.15, -0.1) is 0 Å². The van der Waals surface area contributed by atoms with Crippen molar-refractivity contribution in [1.82, 2.24) is 4.57 Å². The average molecular weight is 466 g/mol. The highest BCUT2D eigenvalue weighted by molar-refractivity contribution is 6.33. The summed E-state index contributed by atoms with van der Waals surface area (Å²) in [5.74, 6) is -0.624. The number of hydrogen-bond acceptors (Lipinski definition) is 4. The van der Waals surface area contributed by atoms with Crippen molar-refractivity contribution >= 4 is 34.4 Å². The van der Waals surface area contributed by atoms with Crippen LogP contribution < -0.4 is 9.47 Å². The molecule has 4 aromatic rings. The topological polar surface area (TPSA) is 57.5 Å². The summed E-state index contributed by atoms with van der Waals surface area (Å²) >= 11 is 6.32. The van der Waals surface area contributed by atoms with E-state index in [-0.39, 0.29) is 17.7 Å². The van der Waals surface area contributed by atoms with Gasteiger partial charge in [-0.25, -0.2) is 4.39 Å². The van der Waals surface area contributed by atoms with Crippen molar-refractivity contribution in [3.8, 4) is 11.5 Å². The molecular formula is C26H21ClFNO4. The molecule has 3 aromatic carbocycles. The molecule has 4 rings (SSSR count). The van der Waals surface area contributed by atoms with E-state index in [0.717, 1.165) is 5.56 Å². The normalized spacial score (nSPS) is 10.9. The first-order valence-corrected chi connectivity index (χ1v) is 10.7. The Labute approximate surface area is 195 Å². The molecule has 0 radical (unpaired) electrons. The number of benzene rings is 3. The quantitative estimate of drug-likeness (QED) is 0.329. The molecule has 5 nitrogen and oxygen atoms in total. The van der Waals surface area contributed by atoms with E-state index in [1.807, 2.05) is 30.3 Å². The summed E-state index contributed by atoms with van der Waals surface area (Å²) in [6.07, 6.45) is 0.702. The number of carbonyl (C=O) groups is 2. The van der Waals surface area contributed by atoms with Crippen molar-refractivity contribution in [1.29, 1.82) is 0 Å². The Hall–Kier alpha value is -3.64. The molecule has 0 atom stereocenters.